The fourth-order valence-corrected chi connectivity index (χ4v) is 1.97. The molecule has 0 aliphatic rings. The standard InChI is InChI=1S/C16H15FO2/c1-11(16(18)19-2)13-8-9-14(15(17)10-13)12-6-4-3-5-7-12/h3-11H,1-2H3/t11-/m1/s1. The smallest absolute Gasteiger partial charge is 0.312 e. The van der Waals surface area contributed by atoms with Crippen LogP contribution in [0.3, 0.4) is 0 Å². The van der Waals surface area contributed by atoms with Gasteiger partial charge in [0.25, 0.3) is 0 Å². The molecule has 0 aliphatic carbocycles. The third kappa shape index (κ3) is 2.81. The van der Waals surface area contributed by atoms with Crippen LogP contribution in [-0.4, -0.2) is 13.1 Å². The predicted octanol–water partition coefficient (Wildman–Crippen LogP) is 3.77. The number of carbonyl (C=O) groups excluding carboxylic acids is 1. The highest BCUT2D eigenvalue weighted by Crippen LogP contribution is 2.26. The zero-order valence-electron chi connectivity index (χ0n) is 10.9. The van der Waals surface area contributed by atoms with Gasteiger partial charge in [0.15, 0.2) is 0 Å². The summed E-state index contributed by atoms with van der Waals surface area (Å²) >= 11 is 0. The van der Waals surface area contributed by atoms with E-state index in [2.05, 4.69) is 4.74 Å². The molecular formula is C16H15FO2. The van der Waals surface area contributed by atoms with E-state index in [0.717, 1.165) is 5.56 Å². The van der Waals surface area contributed by atoms with E-state index in [1.165, 1.54) is 13.2 Å². The first-order valence-corrected chi connectivity index (χ1v) is 6.06. The zero-order chi connectivity index (χ0) is 13.8. The lowest BCUT2D eigenvalue weighted by Gasteiger charge is -2.11. The van der Waals surface area contributed by atoms with Crippen molar-refractivity contribution in [3.05, 3.63) is 59.9 Å². The van der Waals surface area contributed by atoms with Crippen molar-refractivity contribution in [3.8, 4) is 11.1 Å². The molecule has 0 saturated heterocycles. The second-order valence-corrected chi connectivity index (χ2v) is 4.35. The molecule has 98 valence electrons. The van der Waals surface area contributed by atoms with Gasteiger partial charge in [-0.25, -0.2) is 4.39 Å². The SMILES string of the molecule is COC(=O)[C@H](C)c1ccc(-c2ccccc2)c(F)c1. The van der Waals surface area contributed by atoms with Gasteiger partial charge < -0.3 is 4.74 Å². The lowest BCUT2D eigenvalue weighted by atomic mass is 9.97. The van der Waals surface area contributed by atoms with E-state index >= 15 is 0 Å². The van der Waals surface area contributed by atoms with Gasteiger partial charge in [0.2, 0.25) is 0 Å². The molecule has 2 rings (SSSR count). The van der Waals surface area contributed by atoms with E-state index < -0.39 is 5.92 Å². The minimum atomic E-state index is -0.468. The highest BCUT2D eigenvalue weighted by molar-refractivity contribution is 5.78. The number of hydrogen-bond acceptors (Lipinski definition) is 2. The van der Waals surface area contributed by atoms with Gasteiger partial charge in [0.1, 0.15) is 5.82 Å². The molecule has 3 heteroatoms. The first-order chi connectivity index (χ1) is 9.13. The van der Waals surface area contributed by atoms with Crippen LogP contribution in [0.2, 0.25) is 0 Å². The Balaban J connectivity index is 2.35. The van der Waals surface area contributed by atoms with Gasteiger partial charge in [-0.15, -0.1) is 0 Å². The van der Waals surface area contributed by atoms with Crippen LogP contribution in [0.1, 0.15) is 18.4 Å². The van der Waals surface area contributed by atoms with Gasteiger partial charge in [0.05, 0.1) is 13.0 Å². The normalized spacial score (nSPS) is 11.9. The van der Waals surface area contributed by atoms with Gasteiger partial charge in [-0.3, -0.25) is 4.79 Å². The van der Waals surface area contributed by atoms with Crippen LogP contribution < -0.4 is 0 Å². The molecular weight excluding hydrogens is 243 g/mol. The lowest BCUT2D eigenvalue weighted by molar-refractivity contribution is -0.141. The molecule has 0 saturated carbocycles. The Morgan fingerprint density at radius 1 is 1.16 bits per heavy atom. The zero-order valence-corrected chi connectivity index (χ0v) is 10.9. The highest BCUT2D eigenvalue weighted by atomic mass is 19.1. The Morgan fingerprint density at radius 3 is 2.42 bits per heavy atom. The summed E-state index contributed by atoms with van der Waals surface area (Å²) in [5.74, 6) is -1.17. The molecule has 2 aromatic carbocycles. The average molecular weight is 258 g/mol. The van der Waals surface area contributed by atoms with Crippen LogP contribution >= 0.6 is 0 Å². The van der Waals surface area contributed by atoms with Gasteiger partial charge in [-0.1, -0.05) is 42.5 Å². The molecule has 2 nitrogen and oxygen atoms in total. The fourth-order valence-electron chi connectivity index (χ4n) is 1.97. The summed E-state index contributed by atoms with van der Waals surface area (Å²) < 4.78 is 18.8. The summed E-state index contributed by atoms with van der Waals surface area (Å²) in [6.07, 6.45) is 0. The molecule has 0 spiro atoms. The van der Waals surface area contributed by atoms with E-state index in [0.29, 0.717) is 11.1 Å². The molecule has 0 unspecified atom stereocenters. The van der Waals surface area contributed by atoms with Gasteiger partial charge in [0, 0.05) is 5.56 Å². The summed E-state index contributed by atoms with van der Waals surface area (Å²) in [5.41, 5.74) is 1.96. The third-order valence-electron chi connectivity index (χ3n) is 3.13. The molecule has 0 fully saturated rings. The average Bonchev–Trinajstić information content (AvgIpc) is 2.46. The first kappa shape index (κ1) is 13.3. The summed E-state index contributed by atoms with van der Waals surface area (Å²) in [7, 11) is 1.33. The summed E-state index contributed by atoms with van der Waals surface area (Å²) in [6.45, 7) is 1.70. The quantitative estimate of drug-likeness (QED) is 0.783. The van der Waals surface area contributed by atoms with Crippen LogP contribution in [-0.2, 0) is 9.53 Å². The van der Waals surface area contributed by atoms with Gasteiger partial charge in [-0.05, 0) is 24.1 Å². The van der Waals surface area contributed by atoms with Crippen molar-refractivity contribution in [2.75, 3.05) is 7.11 Å². The molecule has 0 amide bonds. The lowest BCUT2D eigenvalue weighted by Crippen LogP contribution is -2.11. The van der Waals surface area contributed by atoms with Crippen LogP contribution in [0.15, 0.2) is 48.5 Å². The number of methoxy groups -OCH3 is 1. The summed E-state index contributed by atoms with van der Waals surface area (Å²) in [4.78, 5) is 11.4. The van der Waals surface area contributed by atoms with Gasteiger partial charge >= 0.3 is 5.97 Å². The summed E-state index contributed by atoms with van der Waals surface area (Å²) in [5, 5.41) is 0. The number of carbonyl (C=O) groups is 1. The van der Waals surface area contributed by atoms with E-state index in [1.54, 1.807) is 19.1 Å². The Bertz CT molecular complexity index is 579. The van der Waals surface area contributed by atoms with Crippen LogP contribution in [0, 0.1) is 5.82 Å². The number of benzene rings is 2. The van der Waals surface area contributed by atoms with E-state index in [-0.39, 0.29) is 11.8 Å². The van der Waals surface area contributed by atoms with Crippen LogP contribution in [0.25, 0.3) is 11.1 Å². The van der Waals surface area contributed by atoms with Crippen molar-refractivity contribution in [2.45, 2.75) is 12.8 Å². The van der Waals surface area contributed by atoms with Gasteiger partial charge in [-0.2, -0.15) is 0 Å². The number of ether oxygens (including phenoxy) is 1. The largest absolute Gasteiger partial charge is 0.469 e. The summed E-state index contributed by atoms with van der Waals surface area (Å²) in [6, 6.07) is 14.1. The van der Waals surface area contributed by atoms with E-state index in [4.69, 9.17) is 0 Å². The molecule has 19 heavy (non-hydrogen) atoms. The predicted molar refractivity (Wildman–Crippen MR) is 72.3 cm³/mol. The Morgan fingerprint density at radius 2 is 1.84 bits per heavy atom. The first-order valence-electron chi connectivity index (χ1n) is 6.06. The molecule has 0 N–H and O–H groups in total. The van der Waals surface area contributed by atoms with Crippen molar-refractivity contribution >= 4 is 5.97 Å². The Kier molecular flexibility index (Phi) is 3.95. The third-order valence-corrected chi connectivity index (χ3v) is 3.13. The maximum absolute atomic E-state index is 14.1. The van der Waals surface area contributed by atoms with E-state index in [9.17, 15) is 9.18 Å². The molecule has 0 radical (unpaired) electrons. The Hall–Kier alpha value is -2.16. The second-order valence-electron chi connectivity index (χ2n) is 4.35. The van der Waals surface area contributed by atoms with E-state index in [1.807, 2.05) is 30.3 Å². The number of esters is 1. The minimum absolute atomic E-state index is 0.334. The highest BCUT2D eigenvalue weighted by Gasteiger charge is 2.17. The Labute approximate surface area is 111 Å². The van der Waals surface area contributed by atoms with Crippen LogP contribution in [0.5, 0.6) is 0 Å². The molecule has 0 heterocycles. The maximum atomic E-state index is 14.1. The van der Waals surface area contributed by atoms with Crippen molar-refractivity contribution in [3.63, 3.8) is 0 Å². The van der Waals surface area contributed by atoms with Crippen molar-refractivity contribution < 1.29 is 13.9 Å². The van der Waals surface area contributed by atoms with Crippen molar-refractivity contribution in [1.82, 2.24) is 0 Å². The topological polar surface area (TPSA) is 26.3 Å². The minimum Gasteiger partial charge on any atom is -0.469 e. The number of rotatable bonds is 3. The molecule has 2 aromatic rings. The molecule has 0 aliphatic heterocycles. The van der Waals surface area contributed by atoms with Crippen LogP contribution in [0.4, 0.5) is 4.39 Å². The number of halogens is 1. The van der Waals surface area contributed by atoms with Crippen molar-refractivity contribution in [2.24, 2.45) is 0 Å². The molecule has 1 atom stereocenters. The fraction of sp³-hybridized carbons (Fsp3) is 0.188. The molecule has 0 aromatic heterocycles. The number of hydrogen-bond donors (Lipinski definition) is 0. The van der Waals surface area contributed by atoms with Crippen molar-refractivity contribution in [1.29, 1.82) is 0 Å². The molecule has 0 bridgehead atoms. The monoisotopic (exact) mass is 258 g/mol. The second kappa shape index (κ2) is 5.65. The maximum Gasteiger partial charge on any atom is 0.312 e.